The monoisotopic (exact) mass is 442 g/mol. The molecule has 0 radical (unpaired) electrons. The van der Waals surface area contributed by atoms with Gasteiger partial charge in [0, 0.05) is 5.56 Å². The first-order valence-electron chi connectivity index (χ1n) is 9.55. The van der Waals surface area contributed by atoms with Gasteiger partial charge in [0.1, 0.15) is 28.4 Å². The molecule has 0 bridgehead atoms. The highest BCUT2D eigenvalue weighted by atomic mass is 32.1. The van der Waals surface area contributed by atoms with Crippen LogP contribution in [0.5, 0.6) is 11.5 Å². The standard InChI is InChI=1S/C22H19FN2O5S/c1-13-20(31-21(25-13)14-6-8-15(23)9-7-14)22(27)29-12-19(26)24-10-16-11-28-17-4-2-3-5-18(17)30-16/h2-9,16H,10-12H2,1H3,(H,24,26). The predicted molar refractivity (Wildman–Crippen MR) is 112 cm³/mol. The minimum atomic E-state index is -0.635. The van der Waals surface area contributed by atoms with Crippen LogP contribution in [0.3, 0.4) is 0 Å². The molecule has 7 nitrogen and oxygen atoms in total. The number of carbonyl (C=O) groups is 2. The summed E-state index contributed by atoms with van der Waals surface area (Å²) in [6, 6.07) is 13.1. The van der Waals surface area contributed by atoms with Crippen LogP contribution in [0.25, 0.3) is 10.6 Å². The van der Waals surface area contributed by atoms with Crippen molar-refractivity contribution in [2.24, 2.45) is 0 Å². The van der Waals surface area contributed by atoms with E-state index in [0.29, 0.717) is 39.2 Å². The van der Waals surface area contributed by atoms with E-state index in [-0.39, 0.29) is 18.5 Å². The number of aryl methyl sites for hydroxylation is 1. The number of nitrogens with one attached hydrogen (secondary N) is 1. The molecule has 1 unspecified atom stereocenters. The summed E-state index contributed by atoms with van der Waals surface area (Å²) in [6.45, 7) is 1.78. The number of hydrogen-bond donors (Lipinski definition) is 1. The molecule has 31 heavy (non-hydrogen) atoms. The van der Waals surface area contributed by atoms with Gasteiger partial charge in [-0.05, 0) is 43.3 Å². The maximum atomic E-state index is 13.1. The van der Waals surface area contributed by atoms with Crippen LogP contribution in [0.15, 0.2) is 48.5 Å². The van der Waals surface area contributed by atoms with Crippen LogP contribution in [0.4, 0.5) is 4.39 Å². The molecule has 0 fully saturated rings. The smallest absolute Gasteiger partial charge is 0.350 e. The Labute approximate surface area is 181 Å². The Morgan fingerprint density at radius 2 is 1.94 bits per heavy atom. The van der Waals surface area contributed by atoms with Gasteiger partial charge in [0.2, 0.25) is 0 Å². The van der Waals surface area contributed by atoms with Gasteiger partial charge in [-0.25, -0.2) is 14.2 Å². The van der Waals surface area contributed by atoms with Gasteiger partial charge in [-0.2, -0.15) is 0 Å². The van der Waals surface area contributed by atoms with E-state index in [9.17, 15) is 14.0 Å². The lowest BCUT2D eigenvalue weighted by molar-refractivity contribution is -0.124. The van der Waals surface area contributed by atoms with Gasteiger partial charge in [-0.1, -0.05) is 12.1 Å². The molecule has 1 aliphatic rings. The second kappa shape index (κ2) is 9.13. The average Bonchev–Trinajstić information content (AvgIpc) is 3.18. The van der Waals surface area contributed by atoms with Crippen molar-refractivity contribution < 1.29 is 28.2 Å². The number of amides is 1. The molecule has 160 valence electrons. The molecule has 3 aromatic rings. The van der Waals surface area contributed by atoms with E-state index in [1.54, 1.807) is 25.1 Å². The molecule has 1 atom stereocenters. The van der Waals surface area contributed by atoms with Gasteiger partial charge in [-0.3, -0.25) is 4.79 Å². The van der Waals surface area contributed by atoms with E-state index in [1.165, 1.54) is 12.1 Å². The third kappa shape index (κ3) is 5.00. The fourth-order valence-electron chi connectivity index (χ4n) is 2.94. The number of esters is 1. The molecule has 0 saturated heterocycles. The van der Waals surface area contributed by atoms with Crippen LogP contribution < -0.4 is 14.8 Å². The minimum Gasteiger partial charge on any atom is -0.486 e. The number of aromatic nitrogens is 1. The molecule has 9 heteroatoms. The number of halogens is 1. The van der Waals surface area contributed by atoms with Crippen LogP contribution in [0, 0.1) is 12.7 Å². The number of benzene rings is 2. The topological polar surface area (TPSA) is 86.8 Å². The van der Waals surface area contributed by atoms with Crippen molar-refractivity contribution in [1.29, 1.82) is 0 Å². The lowest BCUT2D eigenvalue weighted by Crippen LogP contribution is -2.42. The van der Waals surface area contributed by atoms with Crippen molar-refractivity contribution in [3.05, 3.63) is 64.9 Å². The number of nitrogens with zero attached hydrogens (tertiary/aromatic N) is 1. The number of fused-ring (bicyclic) bond motifs is 1. The molecule has 1 amide bonds. The Kier molecular flexibility index (Phi) is 6.13. The number of rotatable bonds is 6. The first-order chi connectivity index (χ1) is 15.0. The Bertz CT molecular complexity index is 1100. The molecule has 4 rings (SSSR count). The van der Waals surface area contributed by atoms with Crippen LogP contribution in [-0.4, -0.2) is 42.7 Å². The first-order valence-corrected chi connectivity index (χ1v) is 10.4. The van der Waals surface area contributed by atoms with Crippen LogP contribution >= 0.6 is 11.3 Å². The minimum absolute atomic E-state index is 0.221. The van der Waals surface area contributed by atoms with E-state index in [4.69, 9.17) is 14.2 Å². The first kappa shape index (κ1) is 20.8. The van der Waals surface area contributed by atoms with E-state index in [1.807, 2.05) is 18.2 Å². The van der Waals surface area contributed by atoms with Crippen LogP contribution in [-0.2, 0) is 9.53 Å². The molecule has 2 heterocycles. The third-order valence-corrected chi connectivity index (χ3v) is 5.69. The molecule has 0 aliphatic carbocycles. The van der Waals surface area contributed by atoms with E-state index >= 15 is 0 Å². The van der Waals surface area contributed by atoms with Crippen molar-refractivity contribution in [1.82, 2.24) is 10.3 Å². The summed E-state index contributed by atoms with van der Waals surface area (Å²) in [6.07, 6.45) is -0.337. The highest BCUT2D eigenvalue weighted by Crippen LogP contribution is 2.31. The molecule has 1 N–H and O–H groups in total. The lowest BCUT2D eigenvalue weighted by Gasteiger charge is -2.26. The summed E-state index contributed by atoms with van der Waals surface area (Å²) >= 11 is 1.13. The summed E-state index contributed by atoms with van der Waals surface area (Å²) in [5.41, 5.74) is 1.18. The van der Waals surface area contributed by atoms with Gasteiger partial charge in [-0.15, -0.1) is 11.3 Å². The highest BCUT2D eigenvalue weighted by molar-refractivity contribution is 7.17. The summed E-state index contributed by atoms with van der Waals surface area (Å²) in [5.74, 6) is -0.144. The molecule has 0 spiro atoms. The maximum Gasteiger partial charge on any atom is 0.350 e. The van der Waals surface area contributed by atoms with E-state index in [2.05, 4.69) is 10.3 Å². The fraction of sp³-hybridized carbons (Fsp3) is 0.227. The van der Waals surface area contributed by atoms with Crippen LogP contribution in [0.2, 0.25) is 0 Å². The summed E-state index contributed by atoms with van der Waals surface area (Å²) in [7, 11) is 0. The van der Waals surface area contributed by atoms with Crippen molar-refractivity contribution in [2.75, 3.05) is 19.8 Å². The lowest BCUT2D eigenvalue weighted by atomic mass is 10.2. The maximum absolute atomic E-state index is 13.1. The fourth-order valence-corrected chi connectivity index (χ4v) is 3.91. The molecule has 0 saturated carbocycles. The van der Waals surface area contributed by atoms with Gasteiger partial charge in [0.15, 0.2) is 18.1 Å². The quantitative estimate of drug-likeness (QED) is 0.589. The normalized spacial score (nSPS) is 14.7. The second-order valence-electron chi connectivity index (χ2n) is 6.82. The molecule has 2 aromatic carbocycles. The summed E-state index contributed by atoms with van der Waals surface area (Å²) in [5, 5.41) is 3.24. The molecule has 1 aliphatic heterocycles. The highest BCUT2D eigenvalue weighted by Gasteiger charge is 2.22. The van der Waals surface area contributed by atoms with Crippen LogP contribution in [0.1, 0.15) is 15.4 Å². The SMILES string of the molecule is Cc1nc(-c2ccc(F)cc2)sc1C(=O)OCC(=O)NCC1COc2ccccc2O1. The number of ether oxygens (including phenoxy) is 3. The van der Waals surface area contributed by atoms with Gasteiger partial charge in [0.05, 0.1) is 12.2 Å². The summed E-state index contributed by atoms with van der Waals surface area (Å²) < 4.78 is 29.6. The van der Waals surface area contributed by atoms with E-state index in [0.717, 1.165) is 11.3 Å². The van der Waals surface area contributed by atoms with Crippen molar-refractivity contribution in [2.45, 2.75) is 13.0 Å². The van der Waals surface area contributed by atoms with Crippen molar-refractivity contribution in [3.8, 4) is 22.1 Å². The Balaban J connectivity index is 1.27. The number of hydrogen-bond acceptors (Lipinski definition) is 7. The average molecular weight is 442 g/mol. The third-order valence-electron chi connectivity index (χ3n) is 4.50. The van der Waals surface area contributed by atoms with Gasteiger partial charge in [0.25, 0.3) is 5.91 Å². The van der Waals surface area contributed by atoms with Crippen molar-refractivity contribution >= 4 is 23.2 Å². The number of carbonyl (C=O) groups excluding carboxylic acids is 2. The van der Waals surface area contributed by atoms with Gasteiger partial charge < -0.3 is 19.5 Å². The number of para-hydroxylation sites is 2. The zero-order valence-electron chi connectivity index (χ0n) is 16.6. The zero-order valence-corrected chi connectivity index (χ0v) is 17.4. The van der Waals surface area contributed by atoms with Gasteiger partial charge >= 0.3 is 5.97 Å². The Hall–Kier alpha value is -3.46. The molecular formula is C22H19FN2O5S. The molecular weight excluding hydrogens is 423 g/mol. The van der Waals surface area contributed by atoms with Crippen molar-refractivity contribution in [3.63, 3.8) is 0 Å². The predicted octanol–water partition coefficient (Wildman–Crippen LogP) is 3.37. The number of thiazole rings is 1. The second-order valence-corrected chi connectivity index (χ2v) is 7.82. The van der Waals surface area contributed by atoms with E-state index < -0.39 is 18.5 Å². The largest absolute Gasteiger partial charge is 0.486 e. The summed E-state index contributed by atoms with van der Waals surface area (Å²) in [4.78, 5) is 29.1. The molecule has 1 aromatic heterocycles. The Morgan fingerprint density at radius 3 is 2.71 bits per heavy atom. The zero-order chi connectivity index (χ0) is 21.8. The Morgan fingerprint density at radius 1 is 1.19 bits per heavy atom.